The highest BCUT2D eigenvalue weighted by atomic mass is 19.1. The largest absolute Gasteiger partial charge is 0.465 e. The van der Waals surface area contributed by atoms with Gasteiger partial charge in [-0.25, -0.2) is 18.4 Å². The van der Waals surface area contributed by atoms with Gasteiger partial charge in [0.05, 0.1) is 18.4 Å². The van der Waals surface area contributed by atoms with Crippen molar-refractivity contribution in [1.29, 1.82) is 0 Å². The number of carbonyl (C=O) groups is 2. The van der Waals surface area contributed by atoms with Crippen molar-refractivity contribution < 1.29 is 23.1 Å². The summed E-state index contributed by atoms with van der Waals surface area (Å²) in [6, 6.07) is 8.10. The van der Waals surface area contributed by atoms with E-state index in [4.69, 9.17) is 0 Å². The average Bonchev–Trinajstić information content (AvgIpc) is 2.49. The molecule has 2 N–H and O–H groups in total. The molecule has 0 bridgehead atoms. The van der Waals surface area contributed by atoms with Crippen molar-refractivity contribution in [3.05, 3.63) is 59.7 Å². The maximum atomic E-state index is 13.4. The molecule has 2 aromatic rings. The summed E-state index contributed by atoms with van der Waals surface area (Å²) in [7, 11) is 1.24. The van der Waals surface area contributed by atoms with Gasteiger partial charge in [0.2, 0.25) is 0 Å². The van der Waals surface area contributed by atoms with Crippen LogP contribution >= 0.6 is 0 Å². The average molecular weight is 306 g/mol. The Morgan fingerprint density at radius 2 is 1.82 bits per heavy atom. The van der Waals surface area contributed by atoms with Crippen molar-refractivity contribution >= 4 is 23.4 Å². The molecule has 0 atom stereocenters. The van der Waals surface area contributed by atoms with E-state index in [2.05, 4.69) is 15.4 Å². The van der Waals surface area contributed by atoms with Gasteiger partial charge in [-0.1, -0.05) is 6.07 Å². The number of rotatable bonds is 3. The normalized spacial score (nSPS) is 9.95. The van der Waals surface area contributed by atoms with E-state index in [9.17, 15) is 18.4 Å². The van der Waals surface area contributed by atoms with Crippen LogP contribution in [0.2, 0.25) is 0 Å². The molecule has 0 spiro atoms. The Balaban J connectivity index is 2.07. The first-order chi connectivity index (χ1) is 10.5. The molecule has 0 heterocycles. The number of halogens is 2. The second-order valence-corrected chi connectivity index (χ2v) is 4.28. The quantitative estimate of drug-likeness (QED) is 0.854. The summed E-state index contributed by atoms with van der Waals surface area (Å²) in [5.74, 6) is -2.18. The third kappa shape index (κ3) is 3.78. The van der Waals surface area contributed by atoms with Crippen LogP contribution in [0.4, 0.5) is 25.0 Å². The smallest absolute Gasteiger partial charge is 0.337 e. The summed E-state index contributed by atoms with van der Waals surface area (Å²) < 4.78 is 30.8. The third-order valence-electron chi connectivity index (χ3n) is 2.72. The Hall–Kier alpha value is -2.96. The zero-order valence-corrected chi connectivity index (χ0v) is 11.5. The number of nitrogens with one attached hydrogen (secondary N) is 2. The number of urea groups is 1. The molecule has 0 unspecified atom stereocenters. The second-order valence-electron chi connectivity index (χ2n) is 4.28. The molecule has 0 aliphatic rings. The molecular weight excluding hydrogens is 294 g/mol. The molecule has 2 amide bonds. The highest BCUT2D eigenvalue weighted by Gasteiger charge is 2.10. The lowest BCUT2D eigenvalue weighted by Crippen LogP contribution is -2.20. The van der Waals surface area contributed by atoms with Gasteiger partial charge in [0.15, 0.2) is 0 Å². The molecule has 7 heteroatoms. The number of ether oxygens (including phenoxy) is 1. The predicted octanol–water partition coefficient (Wildman–Crippen LogP) is 3.40. The van der Waals surface area contributed by atoms with Crippen molar-refractivity contribution in [2.24, 2.45) is 0 Å². The van der Waals surface area contributed by atoms with E-state index in [-0.39, 0.29) is 11.3 Å². The fourth-order valence-corrected chi connectivity index (χ4v) is 1.72. The molecule has 0 aromatic heterocycles. The molecule has 22 heavy (non-hydrogen) atoms. The van der Waals surface area contributed by atoms with Gasteiger partial charge in [-0.2, -0.15) is 0 Å². The lowest BCUT2D eigenvalue weighted by molar-refractivity contribution is 0.0600. The zero-order valence-electron chi connectivity index (χ0n) is 11.5. The van der Waals surface area contributed by atoms with Crippen LogP contribution in [-0.2, 0) is 4.74 Å². The van der Waals surface area contributed by atoms with Gasteiger partial charge in [0, 0.05) is 11.8 Å². The first-order valence-corrected chi connectivity index (χ1v) is 6.21. The molecule has 0 aliphatic carbocycles. The van der Waals surface area contributed by atoms with E-state index in [1.807, 2.05) is 0 Å². The summed E-state index contributed by atoms with van der Waals surface area (Å²) in [5, 5.41) is 4.67. The second kappa shape index (κ2) is 6.66. The van der Waals surface area contributed by atoms with E-state index in [0.29, 0.717) is 11.8 Å². The van der Waals surface area contributed by atoms with Crippen molar-refractivity contribution in [2.75, 3.05) is 17.7 Å². The monoisotopic (exact) mass is 306 g/mol. The Morgan fingerprint density at radius 3 is 2.50 bits per heavy atom. The van der Waals surface area contributed by atoms with Crippen LogP contribution in [0, 0.1) is 11.6 Å². The number of anilines is 2. The van der Waals surface area contributed by atoms with Crippen molar-refractivity contribution in [1.82, 2.24) is 0 Å². The van der Waals surface area contributed by atoms with Crippen LogP contribution in [0.1, 0.15) is 10.4 Å². The van der Waals surface area contributed by atoms with Crippen molar-refractivity contribution in [2.45, 2.75) is 0 Å². The lowest BCUT2D eigenvalue weighted by Gasteiger charge is -2.09. The summed E-state index contributed by atoms with van der Waals surface area (Å²) in [6.07, 6.45) is 0. The van der Waals surface area contributed by atoms with Gasteiger partial charge in [-0.15, -0.1) is 0 Å². The lowest BCUT2D eigenvalue weighted by atomic mass is 10.2. The van der Waals surface area contributed by atoms with Crippen LogP contribution in [0.25, 0.3) is 0 Å². The maximum absolute atomic E-state index is 13.4. The van der Waals surface area contributed by atoms with E-state index in [1.165, 1.54) is 19.2 Å². The number of esters is 1. The number of hydrogen-bond donors (Lipinski definition) is 2. The molecule has 2 rings (SSSR count). The number of carbonyl (C=O) groups excluding carboxylic acids is 2. The van der Waals surface area contributed by atoms with Crippen LogP contribution < -0.4 is 10.6 Å². The molecular formula is C15H12F2N2O3. The van der Waals surface area contributed by atoms with Gasteiger partial charge in [-0.05, 0) is 30.3 Å². The highest BCUT2D eigenvalue weighted by molar-refractivity contribution is 6.00. The van der Waals surface area contributed by atoms with Crippen molar-refractivity contribution in [3.8, 4) is 0 Å². The van der Waals surface area contributed by atoms with Crippen molar-refractivity contribution in [3.63, 3.8) is 0 Å². The molecule has 114 valence electrons. The fourth-order valence-electron chi connectivity index (χ4n) is 1.72. The van der Waals surface area contributed by atoms with Gasteiger partial charge >= 0.3 is 12.0 Å². The fraction of sp³-hybridized carbons (Fsp3) is 0.0667. The Labute approximate surface area is 124 Å². The Morgan fingerprint density at radius 1 is 1.05 bits per heavy atom. The summed E-state index contributed by atoms with van der Waals surface area (Å²) in [5.41, 5.74) is 0.416. The van der Waals surface area contributed by atoms with Crippen LogP contribution in [-0.4, -0.2) is 19.1 Å². The van der Waals surface area contributed by atoms with E-state index >= 15 is 0 Å². The molecule has 0 fully saturated rings. The SMILES string of the molecule is COC(=O)c1cccc(NC(=O)Nc2ccc(F)cc2F)c1. The van der Waals surface area contributed by atoms with Gasteiger partial charge < -0.3 is 15.4 Å². The summed E-state index contributed by atoms with van der Waals surface area (Å²) in [4.78, 5) is 23.2. The van der Waals surface area contributed by atoms with E-state index < -0.39 is 23.6 Å². The predicted molar refractivity (Wildman–Crippen MR) is 76.8 cm³/mol. The van der Waals surface area contributed by atoms with Crippen LogP contribution in [0.15, 0.2) is 42.5 Å². The van der Waals surface area contributed by atoms with Gasteiger partial charge in [0.1, 0.15) is 11.6 Å². The van der Waals surface area contributed by atoms with Crippen LogP contribution in [0.5, 0.6) is 0 Å². The molecule has 0 radical (unpaired) electrons. The summed E-state index contributed by atoms with van der Waals surface area (Å²) >= 11 is 0. The first kappa shape index (κ1) is 15.4. The standard InChI is InChI=1S/C15H12F2N2O3/c1-22-14(20)9-3-2-4-11(7-9)18-15(21)19-13-6-5-10(16)8-12(13)17/h2-8H,1H3,(H2,18,19,21). The molecule has 5 nitrogen and oxygen atoms in total. The minimum Gasteiger partial charge on any atom is -0.465 e. The number of hydrogen-bond acceptors (Lipinski definition) is 3. The van der Waals surface area contributed by atoms with Gasteiger partial charge in [-0.3, -0.25) is 0 Å². The summed E-state index contributed by atoms with van der Waals surface area (Å²) in [6.45, 7) is 0. The van der Waals surface area contributed by atoms with E-state index in [1.54, 1.807) is 12.1 Å². The third-order valence-corrected chi connectivity index (χ3v) is 2.72. The highest BCUT2D eigenvalue weighted by Crippen LogP contribution is 2.16. The molecule has 0 aliphatic heterocycles. The number of amides is 2. The Bertz CT molecular complexity index is 720. The van der Waals surface area contributed by atoms with Gasteiger partial charge in [0.25, 0.3) is 0 Å². The minimum absolute atomic E-state index is 0.164. The van der Waals surface area contributed by atoms with E-state index in [0.717, 1.165) is 12.1 Å². The van der Waals surface area contributed by atoms with Crippen LogP contribution in [0.3, 0.4) is 0 Å². The maximum Gasteiger partial charge on any atom is 0.337 e. The topological polar surface area (TPSA) is 67.4 Å². The number of methoxy groups -OCH3 is 1. The zero-order chi connectivity index (χ0) is 16.1. The first-order valence-electron chi connectivity index (χ1n) is 6.21. The molecule has 2 aromatic carbocycles. The minimum atomic E-state index is -0.890. The molecule has 0 saturated carbocycles. The number of benzene rings is 2. The molecule has 0 saturated heterocycles. The Kier molecular flexibility index (Phi) is 4.67.